The Kier molecular flexibility index (Phi) is 8.62. The van der Waals surface area contributed by atoms with E-state index in [1.54, 1.807) is 0 Å². The van der Waals surface area contributed by atoms with Gasteiger partial charge in [-0.1, -0.05) is 157 Å². The highest BCUT2D eigenvalue weighted by molar-refractivity contribution is 5.95. The van der Waals surface area contributed by atoms with Crippen molar-refractivity contribution in [1.29, 1.82) is 0 Å². The summed E-state index contributed by atoms with van der Waals surface area (Å²) in [7, 11) is 0. The van der Waals surface area contributed by atoms with E-state index in [1.807, 2.05) is 6.07 Å². The van der Waals surface area contributed by atoms with E-state index in [0.717, 1.165) is 22.6 Å². The number of aryl methyl sites for hydroxylation is 2. The quantitative estimate of drug-likeness (QED) is 0.156. The third kappa shape index (κ3) is 6.57. The largest absolute Gasteiger partial charge is 0.310 e. The van der Waals surface area contributed by atoms with E-state index in [-0.39, 0.29) is 0 Å². The van der Waals surface area contributed by atoms with Crippen LogP contribution in [0.15, 0.2) is 176 Å². The Balaban J connectivity index is 1.39. The second-order valence-corrected chi connectivity index (χ2v) is 12.0. The molecule has 0 atom stereocenters. The van der Waals surface area contributed by atoms with Crippen molar-refractivity contribution in [2.45, 2.75) is 13.8 Å². The molecule has 7 aromatic rings. The fraction of sp³-hybridized carbons (Fsp3) is 0.0435. The summed E-state index contributed by atoms with van der Waals surface area (Å²) in [6.07, 6.45) is 4.33. The van der Waals surface area contributed by atoms with Crippen LogP contribution in [0, 0.1) is 13.8 Å². The van der Waals surface area contributed by atoms with E-state index in [1.165, 1.54) is 50.1 Å². The summed E-state index contributed by atoms with van der Waals surface area (Å²) >= 11 is 0. The molecule has 0 bridgehead atoms. The van der Waals surface area contributed by atoms with Gasteiger partial charge in [-0.2, -0.15) is 0 Å². The Morgan fingerprint density at radius 1 is 0.362 bits per heavy atom. The number of benzene rings is 7. The van der Waals surface area contributed by atoms with Gasteiger partial charge >= 0.3 is 0 Å². The van der Waals surface area contributed by atoms with Crippen LogP contribution >= 0.6 is 0 Å². The van der Waals surface area contributed by atoms with Crippen LogP contribution in [0.5, 0.6) is 0 Å². The maximum absolute atomic E-state index is 2.37. The van der Waals surface area contributed by atoms with Gasteiger partial charge in [0.05, 0.1) is 0 Å². The Labute approximate surface area is 278 Å². The molecule has 0 saturated heterocycles. The molecule has 0 N–H and O–H groups in total. The first-order valence-corrected chi connectivity index (χ1v) is 16.2. The maximum atomic E-state index is 2.37. The normalized spacial score (nSPS) is 11.1. The summed E-state index contributed by atoms with van der Waals surface area (Å²) in [5, 5.41) is 0. The lowest BCUT2D eigenvalue weighted by Gasteiger charge is -2.27. The molecule has 226 valence electrons. The van der Waals surface area contributed by atoms with Gasteiger partial charge in [0.2, 0.25) is 0 Å². The number of hydrogen-bond acceptors (Lipinski definition) is 1. The summed E-state index contributed by atoms with van der Waals surface area (Å²) in [6.45, 7) is 4.33. The van der Waals surface area contributed by atoms with Gasteiger partial charge in [0.15, 0.2) is 0 Å². The van der Waals surface area contributed by atoms with E-state index < -0.39 is 0 Å². The molecule has 0 aromatic heterocycles. The van der Waals surface area contributed by atoms with Crippen molar-refractivity contribution in [1.82, 2.24) is 0 Å². The Hall–Kier alpha value is -5.92. The topological polar surface area (TPSA) is 3.24 Å². The average Bonchev–Trinajstić information content (AvgIpc) is 3.13. The zero-order valence-corrected chi connectivity index (χ0v) is 26.8. The lowest BCUT2D eigenvalue weighted by Crippen LogP contribution is -2.10. The van der Waals surface area contributed by atoms with Crippen LogP contribution in [0.2, 0.25) is 0 Å². The predicted octanol–water partition coefficient (Wildman–Crippen LogP) is 12.9. The highest BCUT2D eigenvalue weighted by Crippen LogP contribution is 2.43. The summed E-state index contributed by atoms with van der Waals surface area (Å²) in [5.74, 6) is 0. The molecular weight excluding hydrogens is 567 g/mol. The molecule has 1 nitrogen and oxygen atoms in total. The van der Waals surface area contributed by atoms with Crippen LogP contribution < -0.4 is 4.90 Å². The lowest BCUT2D eigenvalue weighted by molar-refractivity contribution is 1.27. The zero-order chi connectivity index (χ0) is 32.0. The molecule has 0 saturated carbocycles. The highest BCUT2D eigenvalue weighted by atomic mass is 15.1. The molecule has 0 aliphatic heterocycles. The Bertz CT molecular complexity index is 2120. The van der Waals surface area contributed by atoms with Crippen molar-refractivity contribution >= 4 is 29.2 Å². The van der Waals surface area contributed by atoms with Gasteiger partial charge in [-0.05, 0) is 100 Å². The first-order chi connectivity index (χ1) is 23.1. The number of nitrogens with zero attached hydrogens (tertiary/aromatic N) is 1. The van der Waals surface area contributed by atoms with E-state index in [4.69, 9.17) is 0 Å². The van der Waals surface area contributed by atoms with E-state index in [9.17, 15) is 0 Å². The molecule has 0 fully saturated rings. The molecule has 7 aromatic carbocycles. The van der Waals surface area contributed by atoms with Crippen molar-refractivity contribution in [2.75, 3.05) is 4.90 Å². The van der Waals surface area contributed by atoms with Gasteiger partial charge in [0.1, 0.15) is 0 Å². The van der Waals surface area contributed by atoms with Gasteiger partial charge in [0.25, 0.3) is 0 Å². The van der Waals surface area contributed by atoms with E-state index in [0.29, 0.717) is 0 Å². The Morgan fingerprint density at radius 2 is 0.851 bits per heavy atom. The zero-order valence-electron chi connectivity index (χ0n) is 26.8. The SMILES string of the molecule is Cc1ccc(N(c2ccc(C=Cc3ccccc3)cc2)c2ccc(-c3ccccc3C)c(-c3ccccc3-c3ccccc3)c2)cc1. The molecule has 0 aliphatic rings. The minimum absolute atomic E-state index is 1.11. The first-order valence-electron chi connectivity index (χ1n) is 16.2. The van der Waals surface area contributed by atoms with Crippen LogP contribution in [-0.2, 0) is 0 Å². The second-order valence-electron chi connectivity index (χ2n) is 12.0. The minimum atomic E-state index is 1.11. The van der Waals surface area contributed by atoms with Crippen LogP contribution in [0.25, 0.3) is 45.5 Å². The summed E-state index contributed by atoms with van der Waals surface area (Å²) in [5.41, 5.74) is 15.5. The molecule has 0 spiro atoms. The van der Waals surface area contributed by atoms with Crippen molar-refractivity contribution in [3.8, 4) is 33.4 Å². The molecule has 0 unspecified atom stereocenters. The molecule has 0 amide bonds. The van der Waals surface area contributed by atoms with Crippen molar-refractivity contribution in [3.63, 3.8) is 0 Å². The van der Waals surface area contributed by atoms with Gasteiger partial charge < -0.3 is 4.90 Å². The molecule has 1 heteroatoms. The smallest absolute Gasteiger partial charge is 0.0468 e. The fourth-order valence-corrected chi connectivity index (χ4v) is 6.22. The minimum Gasteiger partial charge on any atom is -0.310 e. The number of hydrogen-bond donors (Lipinski definition) is 0. The monoisotopic (exact) mass is 603 g/mol. The second kappa shape index (κ2) is 13.6. The molecular formula is C46H37N. The standard InChI is InChI=1S/C46H37N/c1-34-21-27-39(28-22-34)47(40-29-25-37(26-30-40)24-23-36-14-5-3-6-15-36)41-31-32-45(42-18-10-9-13-35(42)2)46(33-41)44-20-12-11-19-43(44)38-16-7-4-8-17-38/h3-33H,1-2H3. The average molecular weight is 604 g/mol. The third-order valence-electron chi connectivity index (χ3n) is 8.71. The van der Waals surface area contributed by atoms with Crippen molar-refractivity contribution in [2.24, 2.45) is 0 Å². The highest BCUT2D eigenvalue weighted by Gasteiger charge is 2.19. The van der Waals surface area contributed by atoms with Gasteiger partial charge in [-0.15, -0.1) is 0 Å². The molecule has 0 aliphatic carbocycles. The van der Waals surface area contributed by atoms with Crippen LogP contribution in [0.1, 0.15) is 22.3 Å². The molecule has 7 rings (SSSR count). The van der Waals surface area contributed by atoms with Gasteiger partial charge in [0, 0.05) is 17.1 Å². The third-order valence-corrected chi connectivity index (χ3v) is 8.71. The van der Waals surface area contributed by atoms with Crippen LogP contribution in [0.3, 0.4) is 0 Å². The van der Waals surface area contributed by atoms with Crippen molar-refractivity contribution < 1.29 is 0 Å². The van der Waals surface area contributed by atoms with E-state index in [2.05, 4.69) is 201 Å². The van der Waals surface area contributed by atoms with Crippen LogP contribution in [0.4, 0.5) is 17.1 Å². The summed E-state index contributed by atoms with van der Waals surface area (Å²) in [4.78, 5) is 2.36. The fourth-order valence-electron chi connectivity index (χ4n) is 6.22. The lowest BCUT2D eigenvalue weighted by atomic mass is 9.87. The predicted molar refractivity (Wildman–Crippen MR) is 202 cm³/mol. The van der Waals surface area contributed by atoms with Gasteiger partial charge in [-0.3, -0.25) is 0 Å². The number of rotatable bonds is 8. The first kappa shape index (κ1) is 29.8. The van der Waals surface area contributed by atoms with E-state index >= 15 is 0 Å². The van der Waals surface area contributed by atoms with Crippen LogP contribution in [-0.4, -0.2) is 0 Å². The molecule has 47 heavy (non-hydrogen) atoms. The Morgan fingerprint density at radius 3 is 1.51 bits per heavy atom. The molecule has 0 radical (unpaired) electrons. The van der Waals surface area contributed by atoms with Gasteiger partial charge in [-0.25, -0.2) is 0 Å². The summed E-state index contributed by atoms with van der Waals surface area (Å²) < 4.78 is 0. The number of anilines is 3. The maximum Gasteiger partial charge on any atom is 0.0468 e. The molecule has 0 heterocycles. The summed E-state index contributed by atoms with van der Waals surface area (Å²) in [6, 6.07) is 63.1. The van der Waals surface area contributed by atoms with Crippen molar-refractivity contribution in [3.05, 3.63) is 198 Å².